The van der Waals surface area contributed by atoms with Crippen LogP contribution in [0.2, 0.25) is 0 Å². The van der Waals surface area contributed by atoms with Crippen LogP contribution in [-0.2, 0) is 4.74 Å². The molecule has 0 bridgehead atoms. The van der Waals surface area contributed by atoms with E-state index in [1.54, 1.807) is 0 Å². The van der Waals surface area contributed by atoms with E-state index in [4.69, 9.17) is 9.72 Å². The Balaban J connectivity index is 0.00000106. The Morgan fingerprint density at radius 3 is 2.23 bits per heavy atom. The number of fused-ring (bicyclic) bond motifs is 1. The lowest BCUT2D eigenvalue weighted by atomic mass is 10.0. The van der Waals surface area contributed by atoms with E-state index >= 15 is 0 Å². The molecule has 2 fully saturated rings. The SMILES string of the molecule is CC.c1ccc(-c2cc(N3CCC(N4CCOCC4)CC3)c3ccccc3n2)cc1. The van der Waals surface area contributed by atoms with Crippen molar-refractivity contribution in [3.05, 3.63) is 60.7 Å². The van der Waals surface area contributed by atoms with E-state index < -0.39 is 0 Å². The molecule has 0 amide bonds. The number of rotatable bonds is 3. The van der Waals surface area contributed by atoms with E-state index in [2.05, 4.69) is 70.5 Å². The number of piperidine rings is 1. The van der Waals surface area contributed by atoms with Crippen LogP contribution in [0.25, 0.3) is 22.2 Å². The number of benzene rings is 2. The Bertz CT molecular complexity index is 929. The molecule has 2 saturated heterocycles. The van der Waals surface area contributed by atoms with Crippen LogP contribution in [0.3, 0.4) is 0 Å². The molecule has 3 aromatic rings. The van der Waals surface area contributed by atoms with Crippen molar-refractivity contribution in [2.75, 3.05) is 44.3 Å². The van der Waals surface area contributed by atoms with Crippen LogP contribution < -0.4 is 4.90 Å². The molecule has 0 radical (unpaired) electrons. The van der Waals surface area contributed by atoms with Crippen molar-refractivity contribution < 1.29 is 4.74 Å². The number of pyridine rings is 1. The molecule has 158 valence electrons. The van der Waals surface area contributed by atoms with Crippen molar-refractivity contribution in [3.8, 4) is 11.3 Å². The predicted molar refractivity (Wildman–Crippen MR) is 126 cm³/mol. The molecule has 30 heavy (non-hydrogen) atoms. The summed E-state index contributed by atoms with van der Waals surface area (Å²) in [4.78, 5) is 10.1. The molecule has 2 aliphatic heterocycles. The van der Waals surface area contributed by atoms with Crippen molar-refractivity contribution >= 4 is 16.6 Å². The second-order valence-corrected chi connectivity index (χ2v) is 7.78. The van der Waals surface area contributed by atoms with Crippen molar-refractivity contribution in [2.45, 2.75) is 32.7 Å². The third-order valence-corrected chi connectivity index (χ3v) is 6.13. The van der Waals surface area contributed by atoms with Gasteiger partial charge in [-0.05, 0) is 25.0 Å². The molecule has 0 aliphatic carbocycles. The van der Waals surface area contributed by atoms with Crippen molar-refractivity contribution in [3.63, 3.8) is 0 Å². The second-order valence-electron chi connectivity index (χ2n) is 7.78. The maximum Gasteiger partial charge on any atom is 0.0730 e. The lowest BCUT2D eigenvalue weighted by molar-refractivity contribution is 0.0115. The Morgan fingerprint density at radius 1 is 0.833 bits per heavy atom. The Morgan fingerprint density at radius 2 is 1.50 bits per heavy atom. The van der Waals surface area contributed by atoms with Crippen molar-refractivity contribution in [1.82, 2.24) is 9.88 Å². The van der Waals surface area contributed by atoms with Gasteiger partial charge in [-0.3, -0.25) is 4.90 Å². The number of anilines is 1. The maximum atomic E-state index is 5.53. The monoisotopic (exact) mass is 403 g/mol. The predicted octanol–water partition coefficient (Wildman–Crippen LogP) is 5.23. The molecule has 2 aliphatic rings. The Labute approximate surface area is 180 Å². The van der Waals surface area contributed by atoms with Gasteiger partial charge in [-0.1, -0.05) is 62.4 Å². The number of nitrogens with zero attached hydrogens (tertiary/aromatic N) is 3. The molecule has 0 unspecified atom stereocenters. The Hall–Kier alpha value is -2.43. The zero-order valence-corrected chi connectivity index (χ0v) is 18.3. The minimum Gasteiger partial charge on any atom is -0.379 e. The highest BCUT2D eigenvalue weighted by Crippen LogP contribution is 2.33. The van der Waals surface area contributed by atoms with Gasteiger partial charge in [-0.2, -0.15) is 0 Å². The number of morpholine rings is 1. The zero-order chi connectivity index (χ0) is 20.8. The summed E-state index contributed by atoms with van der Waals surface area (Å²) < 4.78 is 5.53. The van der Waals surface area contributed by atoms with Crippen LogP contribution in [0.4, 0.5) is 5.69 Å². The molecule has 4 nitrogen and oxygen atoms in total. The molecule has 4 heteroatoms. The second kappa shape index (κ2) is 10.1. The molecule has 1 aromatic heterocycles. The quantitative estimate of drug-likeness (QED) is 0.599. The van der Waals surface area contributed by atoms with E-state index in [-0.39, 0.29) is 0 Å². The number of ether oxygens (including phenoxy) is 1. The largest absolute Gasteiger partial charge is 0.379 e. The lowest BCUT2D eigenvalue weighted by Gasteiger charge is -2.41. The summed E-state index contributed by atoms with van der Waals surface area (Å²) >= 11 is 0. The molecule has 0 saturated carbocycles. The van der Waals surface area contributed by atoms with Crippen LogP contribution in [-0.4, -0.2) is 55.3 Å². The molecule has 0 N–H and O–H groups in total. The lowest BCUT2D eigenvalue weighted by Crippen LogP contribution is -2.49. The van der Waals surface area contributed by atoms with E-state index in [0.717, 1.165) is 50.6 Å². The van der Waals surface area contributed by atoms with Gasteiger partial charge in [0.25, 0.3) is 0 Å². The highest BCUT2D eigenvalue weighted by molar-refractivity contribution is 5.94. The molecule has 2 aromatic carbocycles. The van der Waals surface area contributed by atoms with Crippen LogP contribution in [0.5, 0.6) is 0 Å². The van der Waals surface area contributed by atoms with E-state index in [1.807, 2.05) is 13.8 Å². The first kappa shape index (κ1) is 20.8. The van der Waals surface area contributed by atoms with Gasteiger partial charge in [-0.25, -0.2) is 4.98 Å². The summed E-state index contributed by atoms with van der Waals surface area (Å²) in [7, 11) is 0. The maximum absolute atomic E-state index is 5.53. The van der Waals surface area contributed by atoms with Gasteiger partial charge in [0.2, 0.25) is 0 Å². The highest BCUT2D eigenvalue weighted by atomic mass is 16.5. The third-order valence-electron chi connectivity index (χ3n) is 6.13. The van der Waals surface area contributed by atoms with Gasteiger partial charge in [0, 0.05) is 48.9 Å². The first-order valence-electron chi connectivity index (χ1n) is 11.4. The van der Waals surface area contributed by atoms with E-state index in [0.29, 0.717) is 6.04 Å². The van der Waals surface area contributed by atoms with Gasteiger partial charge in [0.05, 0.1) is 24.4 Å². The summed E-state index contributed by atoms with van der Waals surface area (Å²) in [5, 5.41) is 1.26. The standard InChI is InChI=1S/C24H27N3O.C2H6/c1-2-6-19(7-3-1)23-18-24(21-8-4-5-9-22(21)25-23)27-12-10-20(11-13-27)26-14-16-28-17-15-26;1-2/h1-9,18,20H,10-17H2;1-2H3. The zero-order valence-electron chi connectivity index (χ0n) is 18.3. The number of hydrogen-bond donors (Lipinski definition) is 0. The fraction of sp³-hybridized carbons (Fsp3) is 0.423. The topological polar surface area (TPSA) is 28.6 Å². The molecular formula is C26H33N3O. The van der Waals surface area contributed by atoms with Gasteiger partial charge < -0.3 is 9.64 Å². The number of aromatic nitrogens is 1. The smallest absolute Gasteiger partial charge is 0.0730 e. The molecule has 3 heterocycles. The fourth-order valence-electron chi connectivity index (χ4n) is 4.59. The summed E-state index contributed by atoms with van der Waals surface area (Å²) in [6, 6.07) is 22.0. The summed E-state index contributed by atoms with van der Waals surface area (Å²) in [6.45, 7) is 10.1. The summed E-state index contributed by atoms with van der Waals surface area (Å²) in [6.07, 6.45) is 2.44. The van der Waals surface area contributed by atoms with Crippen LogP contribution >= 0.6 is 0 Å². The van der Waals surface area contributed by atoms with Crippen molar-refractivity contribution in [2.24, 2.45) is 0 Å². The van der Waals surface area contributed by atoms with Gasteiger partial charge in [0.1, 0.15) is 0 Å². The summed E-state index contributed by atoms with van der Waals surface area (Å²) in [5.41, 5.74) is 4.64. The van der Waals surface area contributed by atoms with E-state index in [9.17, 15) is 0 Å². The fourth-order valence-corrected chi connectivity index (χ4v) is 4.59. The minimum absolute atomic E-state index is 0.696. The molecular weight excluding hydrogens is 370 g/mol. The number of hydrogen-bond acceptors (Lipinski definition) is 4. The molecule has 5 rings (SSSR count). The van der Waals surface area contributed by atoms with Gasteiger partial charge in [0.15, 0.2) is 0 Å². The van der Waals surface area contributed by atoms with Crippen LogP contribution in [0, 0.1) is 0 Å². The van der Waals surface area contributed by atoms with Crippen molar-refractivity contribution in [1.29, 1.82) is 0 Å². The minimum atomic E-state index is 0.696. The average molecular weight is 404 g/mol. The highest BCUT2D eigenvalue weighted by Gasteiger charge is 2.26. The molecule has 0 atom stereocenters. The number of para-hydroxylation sites is 1. The first-order valence-corrected chi connectivity index (χ1v) is 11.4. The third kappa shape index (κ3) is 4.50. The Kier molecular flexibility index (Phi) is 6.98. The van der Waals surface area contributed by atoms with Gasteiger partial charge in [-0.15, -0.1) is 0 Å². The summed E-state index contributed by atoms with van der Waals surface area (Å²) in [5.74, 6) is 0. The average Bonchev–Trinajstić information content (AvgIpc) is 2.86. The normalized spacial score (nSPS) is 18.1. The van der Waals surface area contributed by atoms with E-state index in [1.165, 1.54) is 29.5 Å². The first-order chi connectivity index (χ1) is 14.9. The molecule has 0 spiro atoms. The van der Waals surface area contributed by atoms with Crippen LogP contribution in [0.15, 0.2) is 60.7 Å². The van der Waals surface area contributed by atoms with Crippen LogP contribution in [0.1, 0.15) is 26.7 Å². The van der Waals surface area contributed by atoms with Gasteiger partial charge >= 0.3 is 0 Å².